The van der Waals surface area contributed by atoms with Gasteiger partial charge in [0.25, 0.3) is 0 Å². The van der Waals surface area contributed by atoms with Crippen LogP contribution in [-0.2, 0) is 4.79 Å². The lowest BCUT2D eigenvalue weighted by Gasteiger charge is -2.18. The van der Waals surface area contributed by atoms with Crippen molar-refractivity contribution in [3.05, 3.63) is 36.0 Å². The third kappa shape index (κ3) is 3.36. The van der Waals surface area contributed by atoms with Crippen LogP contribution >= 0.6 is 0 Å². The van der Waals surface area contributed by atoms with E-state index < -0.39 is 0 Å². The number of aromatic nitrogens is 2. The molecule has 3 rings (SSSR count). The third-order valence-electron chi connectivity index (χ3n) is 3.96. The van der Waals surface area contributed by atoms with E-state index in [4.69, 9.17) is 4.52 Å². The molecule has 1 amide bonds. The van der Waals surface area contributed by atoms with Crippen molar-refractivity contribution in [3.8, 4) is 0 Å². The maximum Gasteiger partial charge on any atom is 0.248 e. The smallest absolute Gasteiger partial charge is 0.248 e. The second-order valence-electron chi connectivity index (χ2n) is 6.21. The average molecular weight is 314 g/mol. The summed E-state index contributed by atoms with van der Waals surface area (Å²) in [5.41, 5.74) is 1.86. The maximum atomic E-state index is 11.9. The minimum Gasteiger partial charge on any atom is -0.374 e. The Morgan fingerprint density at radius 1 is 1.30 bits per heavy atom. The van der Waals surface area contributed by atoms with E-state index in [0.717, 1.165) is 24.3 Å². The molecular formula is C17H22N4O2. The molecule has 6 nitrogen and oxygen atoms in total. The molecule has 0 saturated carbocycles. The van der Waals surface area contributed by atoms with Crippen molar-refractivity contribution in [3.63, 3.8) is 0 Å². The van der Waals surface area contributed by atoms with Crippen LogP contribution in [0.5, 0.6) is 0 Å². The fraction of sp³-hybridized carbons (Fsp3) is 0.471. The van der Waals surface area contributed by atoms with Gasteiger partial charge in [-0.25, -0.2) is 0 Å². The minimum atomic E-state index is -0.0977. The van der Waals surface area contributed by atoms with Gasteiger partial charge in [-0.1, -0.05) is 25.1 Å². The molecule has 1 saturated heterocycles. The van der Waals surface area contributed by atoms with Crippen molar-refractivity contribution in [1.29, 1.82) is 0 Å². The largest absolute Gasteiger partial charge is 0.374 e. The van der Waals surface area contributed by atoms with Crippen molar-refractivity contribution in [1.82, 2.24) is 10.1 Å². The van der Waals surface area contributed by atoms with Crippen LogP contribution in [0, 0.1) is 0 Å². The van der Waals surface area contributed by atoms with Crippen LogP contribution in [-0.4, -0.2) is 22.6 Å². The zero-order valence-corrected chi connectivity index (χ0v) is 13.7. The standard InChI is InChI=1S/C17H22N4O2/c1-11(2)16-19-17(23-20-16)12(3)18-13-6-4-7-14(10-13)21-9-5-8-15(21)22/h4,6-7,10-12,18H,5,8-9H2,1-3H3/t12-/m0/s1. The zero-order valence-electron chi connectivity index (χ0n) is 13.7. The van der Waals surface area contributed by atoms with Crippen molar-refractivity contribution in [2.24, 2.45) is 0 Å². The van der Waals surface area contributed by atoms with E-state index in [1.54, 1.807) is 0 Å². The van der Waals surface area contributed by atoms with Gasteiger partial charge in [0.1, 0.15) is 6.04 Å². The highest BCUT2D eigenvalue weighted by Crippen LogP contribution is 2.26. The van der Waals surface area contributed by atoms with Gasteiger partial charge in [-0.15, -0.1) is 0 Å². The van der Waals surface area contributed by atoms with E-state index in [-0.39, 0.29) is 17.9 Å². The summed E-state index contributed by atoms with van der Waals surface area (Å²) in [6.45, 7) is 6.83. The molecule has 2 heterocycles. The van der Waals surface area contributed by atoms with Crippen molar-refractivity contribution >= 4 is 17.3 Å². The third-order valence-corrected chi connectivity index (χ3v) is 3.96. The number of hydrogen-bond donors (Lipinski definition) is 1. The van der Waals surface area contributed by atoms with Gasteiger partial charge in [-0.2, -0.15) is 4.98 Å². The predicted molar refractivity (Wildman–Crippen MR) is 88.5 cm³/mol. The summed E-state index contributed by atoms with van der Waals surface area (Å²) in [5.74, 6) is 1.71. The van der Waals surface area contributed by atoms with Gasteiger partial charge in [-0.05, 0) is 31.5 Å². The number of carbonyl (C=O) groups excluding carboxylic acids is 1. The summed E-state index contributed by atoms with van der Waals surface area (Å²) in [6.07, 6.45) is 1.56. The molecule has 1 N–H and O–H groups in total. The van der Waals surface area contributed by atoms with Gasteiger partial charge in [0, 0.05) is 30.3 Å². The summed E-state index contributed by atoms with van der Waals surface area (Å²) >= 11 is 0. The molecular weight excluding hydrogens is 292 g/mol. The second-order valence-corrected chi connectivity index (χ2v) is 6.21. The Balaban J connectivity index is 1.73. The van der Waals surface area contributed by atoms with Gasteiger partial charge in [0.15, 0.2) is 5.82 Å². The first-order valence-electron chi connectivity index (χ1n) is 8.05. The van der Waals surface area contributed by atoms with Crippen LogP contribution in [0.3, 0.4) is 0 Å². The molecule has 0 bridgehead atoms. The van der Waals surface area contributed by atoms with Crippen LogP contribution < -0.4 is 10.2 Å². The Morgan fingerprint density at radius 2 is 2.13 bits per heavy atom. The van der Waals surface area contributed by atoms with Gasteiger partial charge in [-0.3, -0.25) is 4.79 Å². The number of hydrogen-bond acceptors (Lipinski definition) is 5. The van der Waals surface area contributed by atoms with Crippen molar-refractivity contribution in [2.75, 3.05) is 16.8 Å². The maximum absolute atomic E-state index is 11.9. The number of carbonyl (C=O) groups is 1. The number of nitrogens with zero attached hydrogens (tertiary/aromatic N) is 3. The topological polar surface area (TPSA) is 71.3 Å². The summed E-state index contributed by atoms with van der Waals surface area (Å²) in [7, 11) is 0. The van der Waals surface area contributed by atoms with E-state index in [2.05, 4.69) is 15.5 Å². The van der Waals surface area contributed by atoms with Crippen LogP contribution in [0.2, 0.25) is 0 Å². The molecule has 1 aromatic heterocycles. The number of rotatable bonds is 5. The Kier molecular flexibility index (Phi) is 4.32. The first-order valence-corrected chi connectivity index (χ1v) is 8.05. The zero-order chi connectivity index (χ0) is 16.4. The number of nitrogens with one attached hydrogen (secondary N) is 1. The summed E-state index contributed by atoms with van der Waals surface area (Å²) < 4.78 is 5.32. The Labute approximate surface area is 135 Å². The summed E-state index contributed by atoms with van der Waals surface area (Å²) in [6, 6.07) is 7.77. The van der Waals surface area contributed by atoms with E-state index in [1.165, 1.54) is 0 Å². The van der Waals surface area contributed by atoms with E-state index in [0.29, 0.717) is 18.1 Å². The molecule has 6 heteroatoms. The molecule has 2 aromatic rings. The quantitative estimate of drug-likeness (QED) is 0.914. The van der Waals surface area contributed by atoms with Crippen LogP contribution in [0.15, 0.2) is 28.8 Å². The molecule has 1 aromatic carbocycles. The first kappa shape index (κ1) is 15.5. The normalized spacial score (nSPS) is 16.2. The summed E-state index contributed by atoms with van der Waals surface area (Å²) in [5, 5.41) is 7.34. The lowest BCUT2D eigenvalue weighted by Crippen LogP contribution is -2.23. The highest BCUT2D eigenvalue weighted by Gasteiger charge is 2.22. The van der Waals surface area contributed by atoms with Gasteiger partial charge >= 0.3 is 0 Å². The monoisotopic (exact) mass is 314 g/mol. The highest BCUT2D eigenvalue weighted by atomic mass is 16.5. The van der Waals surface area contributed by atoms with Gasteiger partial charge in [0.05, 0.1) is 0 Å². The molecule has 0 radical (unpaired) electrons. The van der Waals surface area contributed by atoms with E-state index in [1.807, 2.05) is 49.9 Å². The molecule has 1 fully saturated rings. The lowest BCUT2D eigenvalue weighted by atomic mass is 10.2. The number of amides is 1. The molecule has 1 aliphatic heterocycles. The fourth-order valence-electron chi connectivity index (χ4n) is 2.65. The van der Waals surface area contributed by atoms with Crippen molar-refractivity contribution in [2.45, 2.75) is 45.6 Å². The van der Waals surface area contributed by atoms with E-state index in [9.17, 15) is 4.79 Å². The lowest BCUT2D eigenvalue weighted by molar-refractivity contribution is -0.117. The molecule has 23 heavy (non-hydrogen) atoms. The number of anilines is 2. The Hall–Kier alpha value is -2.37. The Morgan fingerprint density at radius 3 is 2.78 bits per heavy atom. The van der Waals surface area contributed by atoms with Crippen LogP contribution in [0.25, 0.3) is 0 Å². The molecule has 122 valence electrons. The Bertz CT molecular complexity index is 695. The highest BCUT2D eigenvalue weighted by molar-refractivity contribution is 5.95. The van der Waals surface area contributed by atoms with E-state index >= 15 is 0 Å². The van der Waals surface area contributed by atoms with Gasteiger partial charge in [0.2, 0.25) is 11.8 Å². The average Bonchev–Trinajstić information content (AvgIpc) is 3.16. The fourth-order valence-corrected chi connectivity index (χ4v) is 2.65. The van der Waals surface area contributed by atoms with Crippen LogP contribution in [0.4, 0.5) is 11.4 Å². The first-order chi connectivity index (χ1) is 11.0. The predicted octanol–water partition coefficient (Wildman–Crippen LogP) is 3.49. The molecule has 1 aliphatic rings. The van der Waals surface area contributed by atoms with Gasteiger partial charge < -0.3 is 14.7 Å². The molecule has 0 spiro atoms. The van der Waals surface area contributed by atoms with Crippen molar-refractivity contribution < 1.29 is 9.32 Å². The molecule has 0 aliphatic carbocycles. The second kappa shape index (κ2) is 6.40. The molecule has 0 unspecified atom stereocenters. The number of benzene rings is 1. The minimum absolute atomic E-state index is 0.0977. The van der Waals surface area contributed by atoms with Crippen LogP contribution in [0.1, 0.15) is 57.3 Å². The summed E-state index contributed by atoms with van der Waals surface area (Å²) in [4.78, 5) is 18.1. The molecule has 1 atom stereocenters. The SMILES string of the molecule is CC(C)c1noc([C@H](C)Nc2cccc(N3CCCC3=O)c2)n1.